The quantitative estimate of drug-likeness (QED) is 0.820. The molecule has 0 aliphatic rings. The van der Waals surface area contributed by atoms with Crippen molar-refractivity contribution in [3.63, 3.8) is 0 Å². The maximum absolute atomic E-state index is 12.2. The maximum atomic E-state index is 12.2. The molecule has 1 unspecified atom stereocenters. The molecule has 0 heterocycles. The van der Waals surface area contributed by atoms with E-state index in [4.69, 9.17) is 15.1 Å². The monoisotopic (exact) mass is 276 g/mol. The second-order valence-corrected chi connectivity index (χ2v) is 4.45. The third kappa shape index (κ3) is 4.56. The van der Waals surface area contributed by atoms with Crippen LogP contribution in [0.2, 0.25) is 0 Å². The Kier molecular flexibility index (Phi) is 6.54. The van der Waals surface area contributed by atoms with Gasteiger partial charge in [0.25, 0.3) is 5.91 Å². The lowest BCUT2D eigenvalue weighted by Gasteiger charge is -2.25. The molecule has 0 aliphatic carbocycles. The number of ether oxygens (including phenoxy) is 1. The van der Waals surface area contributed by atoms with Crippen LogP contribution in [0.15, 0.2) is 24.3 Å². The highest BCUT2D eigenvalue weighted by Gasteiger charge is 2.21. The Labute approximate surface area is 119 Å². The summed E-state index contributed by atoms with van der Waals surface area (Å²) in [6.45, 7) is 4.51. The number of nitrogens with zero attached hydrogens (tertiary/aromatic N) is 2. The van der Waals surface area contributed by atoms with Crippen LogP contribution in [0, 0.1) is 11.3 Å². The summed E-state index contributed by atoms with van der Waals surface area (Å²) in [4.78, 5) is 13.8. The molecule has 0 aromatic heterocycles. The molecule has 1 aromatic rings. The van der Waals surface area contributed by atoms with Crippen molar-refractivity contribution in [1.29, 1.82) is 5.26 Å². The van der Waals surface area contributed by atoms with Gasteiger partial charge >= 0.3 is 0 Å². The standard InChI is InChI=1S/C15H20N2O3/c1-3-8-17(9-10-18)15(19)12(2)20-14-6-4-13(11-16)5-7-14/h4-7,12,18H,3,8-10H2,1-2H3. The van der Waals surface area contributed by atoms with Gasteiger partial charge in [-0.15, -0.1) is 0 Å². The number of aliphatic hydroxyl groups is 1. The van der Waals surface area contributed by atoms with Crippen molar-refractivity contribution in [2.45, 2.75) is 26.4 Å². The molecule has 1 amide bonds. The van der Waals surface area contributed by atoms with Gasteiger partial charge in [-0.2, -0.15) is 5.26 Å². The number of benzene rings is 1. The maximum Gasteiger partial charge on any atom is 0.263 e. The van der Waals surface area contributed by atoms with Gasteiger partial charge in [-0.25, -0.2) is 0 Å². The summed E-state index contributed by atoms with van der Waals surface area (Å²) in [5.74, 6) is 0.399. The molecular weight excluding hydrogens is 256 g/mol. The average Bonchev–Trinajstić information content (AvgIpc) is 2.47. The SMILES string of the molecule is CCCN(CCO)C(=O)C(C)Oc1ccc(C#N)cc1. The number of aliphatic hydroxyl groups excluding tert-OH is 1. The summed E-state index contributed by atoms with van der Waals surface area (Å²) in [7, 11) is 0. The Bertz CT molecular complexity index is 459. The van der Waals surface area contributed by atoms with Crippen LogP contribution in [0.25, 0.3) is 0 Å². The van der Waals surface area contributed by atoms with E-state index in [2.05, 4.69) is 0 Å². The zero-order valence-electron chi connectivity index (χ0n) is 11.9. The molecule has 0 spiro atoms. The van der Waals surface area contributed by atoms with Crippen molar-refractivity contribution in [1.82, 2.24) is 4.90 Å². The first-order valence-electron chi connectivity index (χ1n) is 6.68. The van der Waals surface area contributed by atoms with Gasteiger partial charge in [-0.3, -0.25) is 4.79 Å². The summed E-state index contributed by atoms with van der Waals surface area (Å²) >= 11 is 0. The van der Waals surface area contributed by atoms with E-state index >= 15 is 0 Å². The predicted octanol–water partition coefficient (Wildman–Crippen LogP) is 1.56. The van der Waals surface area contributed by atoms with E-state index in [0.717, 1.165) is 6.42 Å². The number of hydrogen-bond acceptors (Lipinski definition) is 4. The molecule has 20 heavy (non-hydrogen) atoms. The highest BCUT2D eigenvalue weighted by molar-refractivity contribution is 5.80. The summed E-state index contributed by atoms with van der Waals surface area (Å²) in [5, 5.41) is 17.7. The Morgan fingerprint density at radius 1 is 1.40 bits per heavy atom. The smallest absolute Gasteiger partial charge is 0.263 e. The molecule has 1 N–H and O–H groups in total. The van der Waals surface area contributed by atoms with Crippen molar-refractivity contribution in [2.75, 3.05) is 19.7 Å². The minimum atomic E-state index is -0.624. The van der Waals surface area contributed by atoms with Crippen molar-refractivity contribution in [3.05, 3.63) is 29.8 Å². The normalized spacial score (nSPS) is 11.5. The van der Waals surface area contributed by atoms with E-state index in [1.807, 2.05) is 13.0 Å². The van der Waals surface area contributed by atoms with Gasteiger partial charge in [0.2, 0.25) is 0 Å². The lowest BCUT2D eigenvalue weighted by Crippen LogP contribution is -2.42. The van der Waals surface area contributed by atoms with Gasteiger partial charge < -0.3 is 14.7 Å². The van der Waals surface area contributed by atoms with Crippen LogP contribution in [-0.4, -0.2) is 41.7 Å². The second-order valence-electron chi connectivity index (χ2n) is 4.45. The molecule has 1 atom stereocenters. The first-order valence-corrected chi connectivity index (χ1v) is 6.68. The third-order valence-electron chi connectivity index (χ3n) is 2.82. The van der Waals surface area contributed by atoms with Crippen molar-refractivity contribution >= 4 is 5.91 Å². The summed E-state index contributed by atoms with van der Waals surface area (Å²) in [6, 6.07) is 8.64. The largest absolute Gasteiger partial charge is 0.481 e. The number of rotatable bonds is 7. The van der Waals surface area contributed by atoms with E-state index in [0.29, 0.717) is 24.4 Å². The number of amides is 1. The minimum Gasteiger partial charge on any atom is -0.481 e. The molecule has 0 saturated carbocycles. The van der Waals surface area contributed by atoms with Gasteiger partial charge in [-0.05, 0) is 37.6 Å². The van der Waals surface area contributed by atoms with Gasteiger partial charge in [0.1, 0.15) is 5.75 Å². The van der Waals surface area contributed by atoms with Crippen LogP contribution in [-0.2, 0) is 4.79 Å². The molecule has 5 heteroatoms. The molecule has 0 aliphatic heterocycles. The molecule has 0 saturated heterocycles. The number of nitriles is 1. The number of hydrogen-bond donors (Lipinski definition) is 1. The molecule has 1 aromatic carbocycles. The fourth-order valence-corrected chi connectivity index (χ4v) is 1.84. The zero-order chi connectivity index (χ0) is 15.0. The number of carbonyl (C=O) groups excluding carboxylic acids is 1. The minimum absolute atomic E-state index is 0.0602. The molecule has 108 valence electrons. The molecule has 5 nitrogen and oxygen atoms in total. The van der Waals surface area contributed by atoms with E-state index in [-0.39, 0.29) is 12.5 Å². The summed E-state index contributed by atoms with van der Waals surface area (Å²) in [6.07, 6.45) is 0.205. The van der Waals surface area contributed by atoms with Crippen LogP contribution in [0.1, 0.15) is 25.8 Å². The predicted molar refractivity (Wildman–Crippen MR) is 75.2 cm³/mol. The highest BCUT2D eigenvalue weighted by Crippen LogP contribution is 2.14. The third-order valence-corrected chi connectivity index (χ3v) is 2.82. The average molecular weight is 276 g/mol. The lowest BCUT2D eigenvalue weighted by atomic mass is 10.2. The van der Waals surface area contributed by atoms with Crippen molar-refractivity contribution in [2.24, 2.45) is 0 Å². The lowest BCUT2D eigenvalue weighted by molar-refractivity contribution is -0.138. The summed E-state index contributed by atoms with van der Waals surface area (Å²) in [5.41, 5.74) is 0.546. The summed E-state index contributed by atoms with van der Waals surface area (Å²) < 4.78 is 5.57. The van der Waals surface area contributed by atoms with Crippen LogP contribution in [0.5, 0.6) is 5.75 Å². The Morgan fingerprint density at radius 2 is 2.05 bits per heavy atom. The van der Waals surface area contributed by atoms with Gasteiger partial charge in [-0.1, -0.05) is 6.92 Å². The fourth-order valence-electron chi connectivity index (χ4n) is 1.84. The Hall–Kier alpha value is -2.06. The topological polar surface area (TPSA) is 73.6 Å². The van der Waals surface area contributed by atoms with E-state index in [9.17, 15) is 4.79 Å². The van der Waals surface area contributed by atoms with E-state index in [1.165, 1.54) is 0 Å². The van der Waals surface area contributed by atoms with Crippen molar-refractivity contribution < 1.29 is 14.6 Å². The molecule has 0 fully saturated rings. The van der Waals surface area contributed by atoms with Crippen LogP contribution >= 0.6 is 0 Å². The van der Waals surface area contributed by atoms with Gasteiger partial charge in [0, 0.05) is 13.1 Å². The number of carbonyl (C=O) groups is 1. The van der Waals surface area contributed by atoms with Crippen molar-refractivity contribution in [3.8, 4) is 11.8 Å². The van der Waals surface area contributed by atoms with Gasteiger partial charge in [0.15, 0.2) is 6.10 Å². The van der Waals surface area contributed by atoms with E-state index < -0.39 is 6.10 Å². The van der Waals surface area contributed by atoms with Crippen LogP contribution in [0.3, 0.4) is 0 Å². The van der Waals surface area contributed by atoms with E-state index in [1.54, 1.807) is 36.1 Å². The Balaban J connectivity index is 2.65. The second kappa shape index (κ2) is 8.18. The van der Waals surface area contributed by atoms with Crippen LogP contribution in [0.4, 0.5) is 0 Å². The first kappa shape index (κ1) is 16.0. The zero-order valence-corrected chi connectivity index (χ0v) is 11.9. The van der Waals surface area contributed by atoms with Gasteiger partial charge in [0.05, 0.1) is 18.2 Å². The highest BCUT2D eigenvalue weighted by atomic mass is 16.5. The van der Waals surface area contributed by atoms with Crippen LogP contribution < -0.4 is 4.74 Å². The Morgan fingerprint density at radius 3 is 2.55 bits per heavy atom. The molecule has 0 radical (unpaired) electrons. The molecule has 1 rings (SSSR count). The molecular formula is C15H20N2O3. The fraction of sp³-hybridized carbons (Fsp3) is 0.467. The first-order chi connectivity index (χ1) is 9.62. The molecule has 0 bridgehead atoms.